The summed E-state index contributed by atoms with van der Waals surface area (Å²) in [4.78, 5) is 4.56. The Hall–Kier alpha value is -1.94. The van der Waals surface area contributed by atoms with Crippen molar-refractivity contribution >= 4 is 32.5 Å². The molecule has 3 aromatic rings. The van der Waals surface area contributed by atoms with Gasteiger partial charge in [-0.25, -0.2) is 9.37 Å². The van der Waals surface area contributed by atoms with Gasteiger partial charge in [-0.15, -0.1) is 0 Å². The molecule has 3 rings (SSSR count). The molecule has 0 aliphatic rings. The van der Waals surface area contributed by atoms with Gasteiger partial charge >= 0.3 is 0 Å². The molecule has 0 saturated carbocycles. The predicted molar refractivity (Wildman–Crippen MR) is 84.4 cm³/mol. The van der Waals surface area contributed by atoms with Crippen LogP contribution in [0.15, 0.2) is 53.0 Å². The first-order valence-corrected chi connectivity index (χ1v) is 7.01. The van der Waals surface area contributed by atoms with Gasteiger partial charge in [0.1, 0.15) is 5.82 Å². The Morgan fingerprint density at radius 2 is 1.85 bits per heavy atom. The molecule has 1 aromatic heterocycles. The molecule has 2 aromatic carbocycles. The minimum Gasteiger partial charge on any atom is -0.388 e. The second kappa shape index (κ2) is 5.21. The predicted octanol–water partition coefficient (Wildman–Crippen LogP) is 4.85. The topological polar surface area (TPSA) is 24.9 Å². The zero-order chi connectivity index (χ0) is 14.1. The van der Waals surface area contributed by atoms with Crippen LogP contribution in [-0.4, -0.2) is 12.0 Å². The highest BCUT2D eigenvalue weighted by Crippen LogP contribution is 2.31. The fraction of sp³-hybridized carbons (Fsp3) is 0.0625. The van der Waals surface area contributed by atoms with Gasteiger partial charge in [0.2, 0.25) is 0 Å². The molecule has 2 nitrogen and oxygen atoms in total. The maximum Gasteiger partial charge on any atom is 0.139 e. The third-order valence-corrected chi connectivity index (χ3v) is 3.80. The molecule has 4 heteroatoms. The first kappa shape index (κ1) is 13.1. The number of rotatable bonds is 2. The summed E-state index contributed by atoms with van der Waals surface area (Å²) in [5.41, 5.74) is 3.39. The molecule has 0 radical (unpaired) electrons. The number of halogens is 2. The molecular weight excluding hydrogens is 319 g/mol. The molecule has 0 aliphatic carbocycles. The molecule has 0 aliphatic heterocycles. The van der Waals surface area contributed by atoms with Crippen molar-refractivity contribution in [2.24, 2.45) is 0 Å². The summed E-state index contributed by atoms with van der Waals surface area (Å²) in [6.45, 7) is 0. The smallest absolute Gasteiger partial charge is 0.139 e. The van der Waals surface area contributed by atoms with Gasteiger partial charge in [0, 0.05) is 29.8 Å². The number of nitrogens with zero attached hydrogens (tertiary/aromatic N) is 1. The summed E-state index contributed by atoms with van der Waals surface area (Å²) in [6.07, 6.45) is 0. The van der Waals surface area contributed by atoms with E-state index < -0.39 is 0 Å². The van der Waals surface area contributed by atoms with Crippen LogP contribution in [0.3, 0.4) is 0 Å². The van der Waals surface area contributed by atoms with Crippen molar-refractivity contribution in [1.82, 2.24) is 4.98 Å². The summed E-state index contributed by atoms with van der Waals surface area (Å²) in [7, 11) is 1.85. The molecule has 0 bridgehead atoms. The standard InChI is InChI=1S/C16H12BrFN2/c1-19-15-9-14(10-5-3-2-4-6-10)20-16-8-13(18)12(17)7-11(15)16/h2-9H,1H3,(H,19,20). The first-order valence-electron chi connectivity index (χ1n) is 6.22. The number of nitrogens with one attached hydrogen (secondary N) is 1. The normalized spacial score (nSPS) is 10.8. The van der Waals surface area contributed by atoms with Crippen molar-refractivity contribution in [3.63, 3.8) is 0 Å². The van der Waals surface area contributed by atoms with Crippen LogP contribution in [0.2, 0.25) is 0 Å². The molecule has 0 unspecified atom stereocenters. The van der Waals surface area contributed by atoms with E-state index in [0.717, 1.165) is 22.3 Å². The van der Waals surface area contributed by atoms with Crippen LogP contribution in [-0.2, 0) is 0 Å². The largest absolute Gasteiger partial charge is 0.388 e. The van der Waals surface area contributed by atoms with Crippen molar-refractivity contribution < 1.29 is 4.39 Å². The lowest BCUT2D eigenvalue weighted by molar-refractivity contribution is 0.623. The minimum atomic E-state index is -0.308. The third-order valence-electron chi connectivity index (χ3n) is 3.19. The van der Waals surface area contributed by atoms with Gasteiger partial charge < -0.3 is 5.32 Å². The molecule has 0 fully saturated rings. The second-order valence-electron chi connectivity index (χ2n) is 4.45. The highest BCUT2D eigenvalue weighted by molar-refractivity contribution is 9.10. The molecule has 0 saturated heterocycles. The first-order chi connectivity index (χ1) is 9.69. The van der Waals surface area contributed by atoms with E-state index in [4.69, 9.17) is 0 Å². The van der Waals surface area contributed by atoms with Gasteiger partial charge in [0.05, 0.1) is 15.7 Å². The van der Waals surface area contributed by atoms with E-state index in [2.05, 4.69) is 26.2 Å². The average molecular weight is 331 g/mol. The SMILES string of the molecule is CNc1cc(-c2ccccc2)nc2cc(F)c(Br)cc12. The van der Waals surface area contributed by atoms with Crippen LogP contribution < -0.4 is 5.32 Å². The van der Waals surface area contributed by atoms with Gasteiger partial charge in [0.15, 0.2) is 0 Å². The summed E-state index contributed by atoms with van der Waals surface area (Å²) < 4.78 is 14.2. The van der Waals surface area contributed by atoms with Gasteiger partial charge in [0.25, 0.3) is 0 Å². The highest BCUT2D eigenvalue weighted by atomic mass is 79.9. The van der Waals surface area contributed by atoms with E-state index in [0.29, 0.717) is 9.99 Å². The highest BCUT2D eigenvalue weighted by Gasteiger charge is 2.10. The average Bonchev–Trinajstić information content (AvgIpc) is 2.48. The lowest BCUT2D eigenvalue weighted by atomic mass is 10.1. The summed E-state index contributed by atoms with van der Waals surface area (Å²) in [5.74, 6) is -0.308. The Balaban J connectivity index is 2.29. The molecular formula is C16H12BrFN2. The van der Waals surface area contributed by atoms with Crippen LogP contribution in [0.5, 0.6) is 0 Å². The van der Waals surface area contributed by atoms with E-state index in [-0.39, 0.29) is 5.82 Å². The van der Waals surface area contributed by atoms with E-state index in [9.17, 15) is 4.39 Å². The fourth-order valence-corrected chi connectivity index (χ4v) is 2.53. The number of anilines is 1. The Bertz CT molecular complexity index is 772. The van der Waals surface area contributed by atoms with Crippen LogP contribution in [0.25, 0.3) is 22.2 Å². The Morgan fingerprint density at radius 1 is 1.10 bits per heavy atom. The van der Waals surface area contributed by atoms with Crippen molar-refractivity contribution in [2.75, 3.05) is 12.4 Å². The van der Waals surface area contributed by atoms with Crippen LogP contribution in [0.1, 0.15) is 0 Å². The quantitative estimate of drug-likeness (QED) is 0.726. The van der Waals surface area contributed by atoms with Crippen LogP contribution >= 0.6 is 15.9 Å². The van der Waals surface area contributed by atoms with Gasteiger partial charge in [-0.1, -0.05) is 30.3 Å². The summed E-state index contributed by atoms with van der Waals surface area (Å²) in [6, 6.07) is 15.0. The monoisotopic (exact) mass is 330 g/mol. The van der Waals surface area contributed by atoms with Gasteiger partial charge in [-0.2, -0.15) is 0 Å². The number of hydrogen-bond acceptors (Lipinski definition) is 2. The molecule has 0 spiro atoms. The van der Waals surface area contributed by atoms with Gasteiger partial charge in [-0.05, 0) is 28.1 Å². The van der Waals surface area contributed by atoms with Crippen LogP contribution in [0.4, 0.5) is 10.1 Å². The van der Waals surface area contributed by atoms with E-state index in [1.165, 1.54) is 6.07 Å². The lowest BCUT2D eigenvalue weighted by Crippen LogP contribution is -1.95. The molecule has 1 N–H and O–H groups in total. The Morgan fingerprint density at radius 3 is 2.55 bits per heavy atom. The van der Waals surface area contributed by atoms with Gasteiger partial charge in [-0.3, -0.25) is 0 Å². The van der Waals surface area contributed by atoms with Crippen molar-refractivity contribution in [1.29, 1.82) is 0 Å². The minimum absolute atomic E-state index is 0.308. The molecule has 0 atom stereocenters. The summed E-state index contributed by atoms with van der Waals surface area (Å²) in [5, 5.41) is 4.03. The number of pyridine rings is 1. The lowest BCUT2D eigenvalue weighted by Gasteiger charge is -2.10. The number of benzene rings is 2. The zero-order valence-electron chi connectivity index (χ0n) is 10.8. The number of hydrogen-bond donors (Lipinski definition) is 1. The van der Waals surface area contributed by atoms with E-state index >= 15 is 0 Å². The van der Waals surface area contributed by atoms with Crippen molar-refractivity contribution in [3.8, 4) is 11.3 Å². The van der Waals surface area contributed by atoms with Crippen molar-refractivity contribution in [2.45, 2.75) is 0 Å². The van der Waals surface area contributed by atoms with E-state index in [1.54, 1.807) is 6.07 Å². The molecule has 20 heavy (non-hydrogen) atoms. The molecule has 100 valence electrons. The molecule has 1 heterocycles. The third kappa shape index (κ3) is 2.27. The Labute approximate surface area is 124 Å². The van der Waals surface area contributed by atoms with E-state index in [1.807, 2.05) is 43.4 Å². The van der Waals surface area contributed by atoms with Crippen molar-refractivity contribution in [3.05, 3.63) is 58.8 Å². The fourth-order valence-electron chi connectivity index (χ4n) is 2.18. The Kier molecular flexibility index (Phi) is 3.40. The maximum atomic E-state index is 13.7. The molecule has 0 amide bonds. The maximum absolute atomic E-state index is 13.7. The number of fused-ring (bicyclic) bond motifs is 1. The summed E-state index contributed by atoms with van der Waals surface area (Å²) >= 11 is 3.21. The number of aromatic nitrogens is 1. The van der Waals surface area contributed by atoms with Crippen LogP contribution in [0, 0.1) is 5.82 Å². The second-order valence-corrected chi connectivity index (χ2v) is 5.31. The zero-order valence-corrected chi connectivity index (χ0v) is 12.4.